The molecule has 0 saturated carbocycles. The van der Waals surface area contributed by atoms with Gasteiger partial charge in [-0.05, 0) is 30.7 Å². The fraction of sp³-hybridized carbons (Fsp3) is 0.364. The molecule has 1 aliphatic heterocycles. The number of aliphatic hydroxyl groups excluding tert-OH is 1. The molecule has 1 fully saturated rings. The molecule has 2 aromatic heterocycles. The minimum Gasteiger partial charge on any atom is -0.455 e. The predicted molar refractivity (Wildman–Crippen MR) is 119 cm³/mol. The molecule has 0 amide bonds. The molecule has 4 rings (SSSR count). The van der Waals surface area contributed by atoms with Crippen LogP contribution >= 0.6 is 11.3 Å². The molecule has 1 atom stereocenters. The zero-order chi connectivity index (χ0) is 22.6. The Hall–Kier alpha value is -2.53. The number of piperidine rings is 1. The quantitative estimate of drug-likeness (QED) is 0.494. The molecule has 1 aliphatic rings. The van der Waals surface area contributed by atoms with E-state index in [4.69, 9.17) is 9.26 Å². The molecule has 170 valence electrons. The molecule has 3 heterocycles. The summed E-state index contributed by atoms with van der Waals surface area (Å²) in [5, 5.41) is 14.8. The summed E-state index contributed by atoms with van der Waals surface area (Å²) in [7, 11) is -3.88. The average Bonchev–Trinajstić information content (AvgIpc) is 3.49. The Morgan fingerprint density at radius 1 is 1.25 bits per heavy atom. The molecule has 0 aliphatic carbocycles. The molecule has 32 heavy (non-hydrogen) atoms. The van der Waals surface area contributed by atoms with Gasteiger partial charge in [0.15, 0.2) is 5.76 Å². The van der Waals surface area contributed by atoms with Gasteiger partial charge in [0.2, 0.25) is 10.0 Å². The number of rotatable bonds is 8. The topological polar surface area (TPSA) is 110 Å². The standard InChI is InChI=1S/C22H24N2O6S2/c25-12-9-18-8-4-5-11-24(18)32(27,28)20-10-13-31-21(20)22(26)29-15-17-14-19(30-23-17)16-6-2-1-3-7-16/h1-3,6-7,10,13-14,18,25H,4-5,8-9,11-12,15H2/t18-/m0/s1. The zero-order valence-corrected chi connectivity index (χ0v) is 19.0. The van der Waals surface area contributed by atoms with Gasteiger partial charge in [-0.2, -0.15) is 4.31 Å². The van der Waals surface area contributed by atoms with E-state index in [2.05, 4.69) is 5.16 Å². The van der Waals surface area contributed by atoms with Crippen LogP contribution in [-0.4, -0.2) is 48.1 Å². The molecular weight excluding hydrogens is 452 g/mol. The van der Waals surface area contributed by atoms with E-state index in [1.165, 1.54) is 10.4 Å². The third kappa shape index (κ3) is 4.78. The van der Waals surface area contributed by atoms with Crippen LogP contribution in [-0.2, 0) is 21.4 Å². The summed E-state index contributed by atoms with van der Waals surface area (Å²) in [6, 6.07) is 12.3. The lowest BCUT2D eigenvalue weighted by atomic mass is 10.0. The number of benzene rings is 1. The second-order valence-electron chi connectivity index (χ2n) is 7.52. The first-order valence-corrected chi connectivity index (χ1v) is 12.7. The molecule has 0 unspecified atom stereocenters. The number of carbonyl (C=O) groups is 1. The summed E-state index contributed by atoms with van der Waals surface area (Å²) in [5.41, 5.74) is 1.28. The third-order valence-corrected chi connectivity index (χ3v) is 8.42. The van der Waals surface area contributed by atoms with Crippen LogP contribution in [0.1, 0.15) is 41.0 Å². The lowest BCUT2D eigenvalue weighted by molar-refractivity contribution is 0.0465. The average molecular weight is 477 g/mol. The van der Waals surface area contributed by atoms with Crippen LogP contribution in [0.15, 0.2) is 57.3 Å². The van der Waals surface area contributed by atoms with Gasteiger partial charge in [-0.1, -0.05) is 41.9 Å². The number of aliphatic hydroxyl groups is 1. The van der Waals surface area contributed by atoms with Crippen molar-refractivity contribution in [1.29, 1.82) is 0 Å². The Labute approximate surface area is 190 Å². The third-order valence-electron chi connectivity index (χ3n) is 5.40. The molecule has 10 heteroatoms. The maximum Gasteiger partial charge on any atom is 0.350 e. The van der Waals surface area contributed by atoms with Crippen molar-refractivity contribution in [2.75, 3.05) is 13.2 Å². The van der Waals surface area contributed by atoms with Gasteiger partial charge in [-0.25, -0.2) is 13.2 Å². The number of ether oxygens (including phenoxy) is 1. The lowest BCUT2D eigenvalue weighted by Crippen LogP contribution is -2.44. The number of esters is 1. The van der Waals surface area contributed by atoms with Gasteiger partial charge < -0.3 is 14.4 Å². The van der Waals surface area contributed by atoms with Gasteiger partial charge >= 0.3 is 5.97 Å². The Morgan fingerprint density at radius 3 is 2.84 bits per heavy atom. The van der Waals surface area contributed by atoms with Crippen molar-refractivity contribution >= 4 is 27.3 Å². The van der Waals surface area contributed by atoms with Gasteiger partial charge in [-0.15, -0.1) is 11.3 Å². The van der Waals surface area contributed by atoms with E-state index in [0.717, 1.165) is 29.7 Å². The number of hydrogen-bond donors (Lipinski definition) is 1. The monoisotopic (exact) mass is 476 g/mol. The van der Waals surface area contributed by atoms with E-state index in [1.54, 1.807) is 11.4 Å². The molecule has 1 aromatic carbocycles. The van der Waals surface area contributed by atoms with E-state index in [1.807, 2.05) is 30.3 Å². The Kier molecular flexibility index (Phi) is 7.04. The van der Waals surface area contributed by atoms with Crippen molar-refractivity contribution in [3.63, 3.8) is 0 Å². The molecule has 1 saturated heterocycles. The highest BCUT2D eigenvalue weighted by Gasteiger charge is 2.36. The smallest absolute Gasteiger partial charge is 0.350 e. The maximum atomic E-state index is 13.3. The second kappa shape index (κ2) is 9.95. The highest BCUT2D eigenvalue weighted by atomic mass is 32.2. The SMILES string of the molecule is O=C(OCc1cc(-c2ccccc2)on1)c1sccc1S(=O)(=O)N1CCCC[C@H]1CCO. The van der Waals surface area contributed by atoms with Crippen molar-refractivity contribution in [1.82, 2.24) is 9.46 Å². The first-order chi connectivity index (χ1) is 15.5. The molecule has 8 nitrogen and oxygen atoms in total. The molecular formula is C22H24N2O6S2. The fourth-order valence-electron chi connectivity index (χ4n) is 3.83. The van der Waals surface area contributed by atoms with Crippen molar-refractivity contribution in [2.24, 2.45) is 0 Å². The van der Waals surface area contributed by atoms with E-state index in [-0.39, 0.29) is 29.0 Å². The van der Waals surface area contributed by atoms with E-state index < -0.39 is 16.0 Å². The minimum absolute atomic E-state index is 0.0325. The van der Waals surface area contributed by atoms with Crippen LogP contribution in [0.4, 0.5) is 0 Å². The first kappa shape index (κ1) is 22.7. The van der Waals surface area contributed by atoms with Crippen molar-refractivity contribution in [3.05, 3.63) is 58.4 Å². The van der Waals surface area contributed by atoms with Gasteiger partial charge in [0.05, 0.1) is 0 Å². The van der Waals surface area contributed by atoms with Crippen molar-refractivity contribution in [3.8, 4) is 11.3 Å². The number of sulfonamides is 1. The second-order valence-corrected chi connectivity index (χ2v) is 10.3. The van der Waals surface area contributed by atoms with Gasteiger partial charge in [0.25, 0.3) is 0 Å². The van der Waals surface area contributed by atoms with E-state index >= 15 is 0 Å². The van der Waals surface area contributed by atoms with E-state index in [9.17, 15) is 18.3 Å². The molecule has 0 bridgehead atoms. The molecule has 3 aromatic rings. The van der Waals surface area contributed by atoms with Crippen molar-refractivity contribution in [2.45, 2.75) is 43.2 Å². The highest BCUT2D eigenvalue weighted by molar-refractivity contribution is 7.89. The van der Waals surface area contributed by atoms with Gasteiger partial charge in [0.1, 0.15) is 22.1 Å². The largest absolute Gasteiger partial charge is 0.455 e. The van der Waals surface area contributed by atoms with Crippen LogP contribution in [0.25, 0.3) is 11.3 Å². The number of aromatic nitrogens is 1. The van der Waals surface area contributed by atoms with Gasteiger partial charge in [-0.3, -0.25) is 0 Å². The predicted octanol–water partition coefficient (Wildman–Crippen LogP) is 3.69. The first-order valence-electron chi connectivity index (χ1n) is 10.4. The molecule has 0 radical (unpaired) electrons. The Morgan fingerprint density at radius 2 is 2.06 bits per heavy atom. The van der Waals surface area contributed by atoms with Crippen LogP contribution in [0.3, 0.4) is 0 Å². The van der Waals surface area contributed by atoms with Crippen LogP contribution < -0.4 is 0 Å². The summed E-state index contributed by atoms with van der Waals surface area (Å²) in [6.45, 7) is 0.153. The summed E-state index contributed by atoms with van der Waals surface area (Å²) >= 11 is 1.03. The summed E-state index contributed by atoms with van der Waals surface area (Å²) in [6.07, 6.45) is 2.73. The zero-order valence-electron chi connectivity index (χ0n) is 17.3. The van der Waals surface area contributed by atoms with Crippen LogP contribution in [0.5, 0.6) is 0 Å². The fourth-order valence-corrected chi connectivity index (χ4v) is 6.84. The number of carbonyl (C=O) groups excluding carboxylic acids is 1. The van der Waals surface area contributed by atoms with Crippen molar-refractivity contribution < 1.29 is 27.6 Å². The number of nitrogens with zero attached hydrogens (tertiary/aromatic N) is 2. The van der Waals surface area contributed by atoms with Gasteiger partial charge in [0, 0.05) is 30.8 Å². The Balaban J connectivity index is 1.47. The van der Waals surface area contributed by atoms with E-state index in [0.29, 0.717) is 30.8 Å². The molecule has 1 N–H and O–H groups in total. The lowest BCUT2D eigenvalue weighted by Gasteiger charge is -2.34. The minimum atomic E-state index is -3.88. The summed E-state index contributed by atoms with van der Waals surface area (Å²) in [4.78, 5) is 12.7. The number of thiophene rings is 1. The summed E-state index contributed by atoms with van der Waals surface area (Å²) < 4.78 is 38.7. The number of hydrogen-bond acceptors (Lipinski definition) is 8. The van der Waals surface area contributed by atoms with Crippen LogP contribution in [0, 0.1) is 0 Å². The highest BCUT2D eigenvalue weighted by Crippen LogP contribution is 2.31. The summed E-state index contributed by atoms with van der Waals surface area (Å²) in [5.74, 6) is -0.172. The maximum absolute atomic E-state index is 13.3. The Bertz CT molecular complexity index is 1150. The van der Waals surface area contributed by atoms with Crippen LogP contribution in [0.2, 0.25) is 0 Å². The normalized spacial score (nSPS) is 17.3. The molecule has 0 spiro atoms.